The van der Waals surface area contributed by atoms with E-state index >= 15 is 0 Å². The van der Waals surface area contributed by atoms with Gasteiger partial charge in [-0.15, -0.1) is 0 Å². The highest BCUT2D eigenvalue weighted by Crippen LogP contribution is 2.24. The smallest absolute Gasteiger partial charge is 0.312 e. The molecule has 0 atom stereocenters. The minimum atomic E-state index is -0.586. The Morgan fingerprint density at radius 1 is 1.29 bits per heavy atom. The average Bonchev–Trinajstić information content (AvgIpc) is 2.47. The number of non-ortho nitro benzene ring substituents is 1. The van der Waals surface area contributed by atoms with Crippen LogP contribution in [0, 0.1) is 10.1 Å². The number of rotatable bonds is 4. The van der Waals surface area contributed by atoms with Gasteiger partial charge in [-0.1, -0.05) is 0 Å². The van der Waals surface area contributed by atoms with Crippen molar-refractivity contribution in [1.29, 1.82) is 0 Å². The highest BCUT2D eigenvalue weighted by Gasteiger charge is 2.30. The summed E-state index contributed by atoms with van der Waals surface area (Å²) < 4.78 is 0. The van der Waals surface area contributed by atoms with Crippen molar-refractivity contribution in [1.82, 2.24) is 9.80 Å². The average molecular weight is 292 g/mol. The first-order chi connectivity index (χ1) is 9.93. The second kappa shape index (κ2) is 5.78. The van der Waals surface area contributed by atoms with Crippen LogP contribution in [0.2, 0.25) is 0 Å². The third kappa shape index (κ3) is 2.93. The van der Waals surface area contributed by atoms with E-state index in [4.69, 9.17) is 0 Å². The number of hydrogen-bond acceptors (Lipinski definition) is 5. The first-order valence-corrected chi connectivity index (χ1v) is 6.43. The van der Waals surface area contributed by atoms with Gasteiger partial charge in [-0.05, 0) is 6.07 Å². The molecule has 1 aromatic rings. The van der Waals surface area contributed by atoms with Crippen molar-refractivity contribution in [2.45, 2.75) is 6.54 Å². The van der Waals surface area contributed by atoms with Crippen molar-refractivity contribution < 1.29 is 14.5 Å². The van der Waals surface area contributed by atoms with Crippen LogP contribution in [0.5, 0.6) is 0 Å². The number of carbonyl (C=O) groups excluding carboxylic acids is 2. The molecule has 1 aliphatic heterocycles. The number of carbonyl (C=O) groups is 2. The number of nitro groups is 1. The number of anilines is 1. The Balaban J connectivity index is 2.26. The molecule has 1 N–H and O–H groups in total. The predicted octanol–water partition coefficient (Wildman–Crippen LogP) is 0.437. The molecule has 0 bridgehead atoms. The van der Waals surface area contributed by atoms with E-state index in [1.54, 1.807) is 20.2 Å². The summed E-state index contributed by atoms with van der Waals surface area (Å²) in [6.07, 6.45) is 0. The van der Waals surface area contributed by atoms with Crippen LogP contribution in [0.25, 0.3) is 0 Å². The molecule has 0 spiro atoms. The lowest BCUT2D eigenvalue weighted by molar-refractivity contribution is -0.384. The van der Waals surface area contributed by atoms with Crippen molar-refractivity contribution in [2.24, 2.45) is 0 Å². The van der Waals surface area contributed by atoms with E-state index in [0.29, 0.717) is 24.3 Å². The third-order valence-corrected chi connectivity index (χ3v) is 3.45. The van der Waals surface area contributed by atoms with Gasteiger partial charge in [0.05, 0.1) is 4.92 Å². The normalized spacial score (nSPS) is 15.3. The minimum Gasteiger partial charge on any atom is -0.388 e. The van der Waals surface area contributed by atoms with Crippen molar-refractivity contribution in [3.05, 3.63) is 33.9 Å². The Bertz CT molecular complexity index is 602. The van der Waals surface area contributed by atoms with Gasteiger partial charge < -0.3 is 15.1 Å². The van der Waals surface area contributed by atoms with E-state index in [2.05, 4.69) is 5.32 Å². The number of likely N-dealkylation sites (N-methyl/N-ethyl adjacent to an activating group) is 1. The van der Waals surface area contributed by atoms with Gasteiger partial charge in [0.25, 0.3) is 5.69 Å². The van der Waals surface area contributed by atoms with Crippen molar-refractivity contribution in [3.8, 4) is 0 Å². The predicted molar refractivity (Wildman–Crippen MR) is 75.7 cm³/mol. The molecule has 0 unspecified atom stereocenters. The summed E-state index contributed by atoms with van der Waals surface area (Å²) in [5.74, 6) is -1.14. The maximum absolute atomic E-state index is 11.9. The Kier molecular flexibility index (Phi) is 4.06. The molecule has 8 heteroatoms. The number of amides is 2. The lowest BCUT2D eigenvalue weighted by Gasteiger charge is -2.31. The highest BCUT2D eigenvalue weighted by atomic mass is 16.6. The molecule has 0 aliphatic carbocycles. The molecule has 1 fully saturated rings. The zero-order valence-corrected chi connectivity index (χ0v) is 11.8. The number of benzene rings is 1. The van der Waals surface area contributed by atoms with E-state index in [-0.39, 0.29) is 12.2 Å². The molecule has 112 valence electrons. The SMILES string of the molecule is CNc1ccc([N+](=O)[O-])cc1CN1CCN(C)C(=O)C1=O. The lowest BCUT2D eigenvalue weighted by atomic mass is 10.1. The quantitative estimate of drug-likeness (QED) is 0.493. The van der Waals surface area contributed by atoms with Gasteiger partial charge in [0.15, 0.2) is 0 Å². The van der Waals surface area contributed by atoms with E-state index in [0.717, 1.165) is 0 Å². The maximum Gasteiger partial charge on any atom is 0.312 e. The van der Waals surface area contributed by atoms with Crippen molar-refractivity contribution in [3.63, 3.8) is 0 Å². The van der Waals surface area contributed by atoms with E-state index in [1.807, 2.05) is 0 Å². The van der Waals surface area contributed by atoms with Crippen molar-refractivity contribution in [2.75, 3.05) is 32.5 Å². The summed E-state index contributed by atoms with van der Waals surface area (Å²) in [4.78, 5) is 36.7. The van der Waals surface area contributed by atoms with Gasteiger partial charge in [0.2, 0.25) is 0 Å². The summed E-state index contributed by atoms with van der Waals surface area (Å²) in [7, 11) is 3.27. The molecule has 1 aliphatic rings. The molecule has 0 saturated carbocycles. The molecule has 2 amide bonds. The fraction of sp³-hybridized carbons (Fsp3) is 0.385. The summed E-state index contributed by atoms with van der Waals surface area (Å²) in [6.45, 7) is 1.03. The van der Waals surface area contributed by atoms with Crippen LogP contribution in [0.15, 0.2) is 18.2 Å². The molecule has 1 aromatic carbocycles. The number of nitro benzene ring substituents is 1. The fourth-order valence-electron chi connectivity index (χ4n) is 2.20. The zero-order valence-electron chi connectivity index (χ0n) is 11.8. The fourth-order valence-corrected chi connectivity index (χ4v) is 2.20. The zero-order chi connectivity index (χ0) is 15.6. The Morgan fingerprint density at radius 2 is 2.00 bits per heavy atom. The van der Waals surface area contributed by atoms with E-state index < -0.39 is 16.7 Å². The van der Waals surface area contributed by atoms with E-state index in [1.165, 1.54) is 21.9 Å². The monoisotopic (exact) mass is 292 g/mol. The second-order valence-electron chi connectivity index (χ2n) is 4.80. The van der Waals surface area contributed by atoms with Gasteiger partial charge in [0, 0.05) is 57.1 Å². The van der Waals surface area contributed by atoms with Crippen LogP contribution in [-0.2, 0) is 16.1 Å². The summed E-state index contributed by atoms with van der Waals surface area (Å²) >= 11 is 0. The summed E-state index contributed by atoms with van der Waals surface area (Å²) in [6, 6.07) is 4.41. The maximum atomic E-state index is 11.9. The first-order valence-electron chi connectivity index (χ1n) is 6.43. The van der Waals surface area contributed by atoms with Crippen LogP contribution < -0.4 is 5.32 Å². The molecular formula is C13H16N4O4. The minimum absolute atomic E-state index is 0.0445. The van der Waals surface area contributed by atoms with Crippen LogP contribution in [0.3, 0.4) is 0 Å². The van der Waals surface area contributed by atoms with E-state index in [9.17, 15) is 19.7 Å². The molecule has 2 rings (SSSR count). The number of nitrogens with zero attached hydrogens (tertiary/aromatic N) is 3. The number of nitrogens with one attached hydrogen (secondary N) is 1. The number of piperazine rings is 1. The molecule has 0 aromatic heterocycles. The molecule has 0 radical (unpaired) electrons. The Morgan fingerprint density at radius 3 is 2.62 bits per heavy atom. The van der Waals surface area contributed by atoms with Crippen molar-refractivity contribution >= 4 is 23.2 Å². The van der Waals surface area contributed by atoms with Gasteiger partial charge in [-0.25, -0.2) is 0 Å². The molecular weight excluding hydrogens is 276 g/mol. The first kappa shape index (κ1) is 14.8. The molecule has 1 heterocycles. The number of hydrogen-bond donors (Lipinski definition) is 1. The Hall–Kier alpha value is -2.64. The van der Waals surface area contributed by atoms with Crippen LogP contribution in [0.4, 0.5) is 11.4 Å². The van der Waals surface area contributed by atoms with Crippen LogP contribution in [0.1, 0.15) is 5.56 Å². The molecule has 1 saturated heterocycles. The highest BCUT2D eigenvalue weighted by molar-refractivity contribution is 6.35. The van der Waals surface area contributed by atoms with Gasteiger partial charge in [0.1, 0.15) is 0 Å². The van der Waals surface area contributed by atoms with Crippen LogP contribution >= 0.6 is 0 Å². The standard InChI is InChI=1S/C13H16N4O4/c1-14-11-4-3-10(17(20)21)7-9(11)8-16-6-5-15(2)12(18)13(16)19/h3-4,7,14H,5-6,8H2,1-2H3. The second-order valence-corrected chi connectivity index (χ2v) is 4.80. The van der Waals surface area contributed by atoms with Crippen LogP contribution in [-0.4, -0.2) is 53.7 Å². The summed E-state index contributed by atoms with van der Waals surface area (Å²) in [5.41, 5.74) is 1.26. The Labute approximate surface area is 121 Å². The topological polar surface area (TPSA) is 95.8 Å². The lowest BCUT2D eigenvalue weighted by Crippen LogP contribution is -2.52. The summed E-state index contributed by atoms with van der Waals surface area (Å²) in [5, 5.41) is 13.8. The molecule has 8 nitrogen and oxygen atoms in total. The van der Waals surface area contributed by atoms with Gasteiger partial charge in [-0.2, -0.15) is 0 Å². The third-order valence-electron chi connectivity index (χ3n) is 3.45. The van der Waals surface area contributed by atoms with Gasteiger partial charge >= 0.3 is 11.8 Å². The molecule has 21 heavy (non-hydrogen) atoms. The largest absolute Gasteiger partial charge is 0.388 e. The van der Waals surface area contributed by atoms with Gasteiger partial charge in [-0.3, -0.25) is 19.7 Å².